The van der Waals surface area contributed by atoms with Crippen molar-refractivity contribution in [1.29, 1.82) is 0 Å². The van der Waals surface area contributed by atoms with Crippen molar-refractivity contribution in [1.82, 2.24) is 9.88 Å². The van der Waals surface area contributed by atoms with Crippen LogP contribution in [0.15, 0.2) is 36.5 Å². The van der Waals surface area contributed by atoms with E-state index in [0.717, 1.165) is 36.4 Å². The third-order valence-electron chi connectivity index (χ3n) is 4.48. The number of nitrogens with zero attached hydrogens (tertiary/aromatic N) is 2. The van der Waals surface area contributed by atoms with Crippen molar-refractivity contribution in [3.63, 3.8) is 0 Å². The molecule has 2 aliphatic heterocycles. The number of hydrogen-bond donors (Lipinski definition) is 0. The fourth-order valence-electron chi connectivity index (χ4n) is 3.40. The van der Waals surface area contributed by atoms with Crippen molar-refractivity contribution in [2.75, 3.05) is 13.7 Å². The molecule has 0 N–H and O–H groups in total. The minimum absolute atomic E-state index is 0.0822. The first-order valence-electron chi connectivity index (χ1n) is 7.19. The number of carbonyl (C=O) groups excluding carboxylic acids is 1. The summed E-state index contributed by atoms with van der Waals surface area (Å²) in [7, 11) is 1.67. The highest BCUT2D eigenvalue weighted by Crippen LogP contribution is 2.38. The standard InChI is InChI=1S/C17H16N2O2/c1-21-12-5-4-11-6-8-19-16(14(11)9-12)10-15-13(17(19)20)3-2-7-18-15/h2-5,7,9,16H,6,8,10H2,1H3. The van der Waals surface area contributed by atoms with Crippen LogP contribution >= 0.6 is 0 Å². The normalized spacial score (nSPS) is 19.6. The molecule has 3 heterocycles. The quantitative estimate of drug-likeness (QED) is 0.805. The number of carbonyl (C=O) groups is 1. The summed E-state index contributed by atoms with van der Waals surface area (Å²) < 4.78 is 5.34. The molecule has 0 bridgehead atoms. The molecule has 4 heteroatoms. The lowest BCUT2D eigenvalue weighted by Crippen LogP contribution is -2.44. The summed E-state index contributed by atoms with van der Waals surface area (Å²) in [6, 6.07) is 9.96. The van der Waals surface area contributed by atoms with Crippen molar-refractivity contribution >= 4 is 5.91 Å². The van der Waals surface area contributed by atoms with Gasteiger partial charge in [-0.15, -0.1) is 0 Å². The Balaban J connectivity index is 1.83. The first-order chi connectivity index (χ1) is 10.3. The predicted molar refractivity (Wildman–Crippen MR) is 78.4 cm³/mol. The molecule has 4 rings (SSSR count). The molecular formula is C17H16N2O2. The van der Waals surface area contributed by atoms with Crippen molar-refractivity contribution in [2.24, 2.45) is 0 Å². The molecule has 0 saturated carbocycles. The Morgan fingerprint density at radius 1 is 1.33 bits per heavy atom. The second kappa shape index (κ2) is 4.58. The number of ether oxygens (including phenoxy) is 1. The number of amides is 1. The number of fused-ring (bicyclic) bond motifs is 4. The van der Waals surface area contributed by atoms with Crippen LogP contribution in [0, 0.1) is 0 Å². The van der Waals surface area contributed by atoms with Gasteiger partial charge >= 0.3 is 0 Å². The maximum Gasteiger partial charge on any atom is 0.256 e. The van der Waals surface area contributed by atoms with Gasteiger partial charge in [-0.2, -0.15) is 0 Å². The monoisotopic (exact) mass is 280 g/mol. The van der Waals surface area contributed by atoms with E-state index in [1.165, 1.54) is 11.1 Å². The Labute approximate surface area is 123 Å². The van der Waals surface area contributed by atoms with E-state index in [4.69, 9.17) is 4.74 Å². The molecule has 0 saturated heterocycles. The molecule has 4 nitrogen and oxygen atoms in total. The fraction of sp³-hybridized carbons (Fsp3) is 0.294. The lowest BCUT2D eigenvalue weighted by atomic mass is 9.85. The van der Waals surface area contributed by atoms with E-state index >= 15 is 0 Å². The zero-order valence-electron chi connectivity index (χ0n) is 11.9. The highest BCUT2D eigenvalue weighted by Gasteiger charge is 2.37. The van der Waals surface area contributed by atoms with Gasteiger partial charge in [0.15, 0.2) is 0 Å². The molecule has 106 valence electrons. The van der Waals surface area contributed by atoms with Gasteiger partial charge in [0.25, 0.3) is 5.91 Å². The zero-order valence-corrected chi connectivity index (χ0v) is 11.9. The van der Waals surface area contributed by atoms with E-state index < -0.39 is 0 Å². The van der Waals surface area contributed by atoms with Gasteiger partial charge in [0.05, 0.1) is 24.4 Å². The molecule has 1 unspecified atom stereocenters. The SMILES string of the molecule is COc1ccc2c(c1)C1Cc3ncccc3C(=O)N1CC2. The van der Waals surface area contributed by atoms with Gasteiger partial charge in [-0.05, 0) is 41.8 Å². The van der Waals surface area contributed by atoms with E-state index in [9.17, 15) is 4.79 Å². The number of benzene rings is 1. The Morgan fingerprint density at radius 2 is 2.24 bits per heavy atom. The van der Waals surface area contributed by atoms with Crippen molar-refractivity contribution in [2.45, 2.75) is 18.9 Å². The number of aromatic nitrogens is 1. The van der Waals surface area contributed by atoms with Gasteiger partial charge in [0.2, 0.25) is 0 Å². The van der Waals surface area contributed by atoms with Crippen LogP contribution in [-0.2, 0) is 12.8 Å². The molecule has 1 atom stereocenters. The van der Waals surface area contributed by atoms with Gasteiger partial charge in [0, 0.05) is 19.2 Å². The molecule has 21 heavy (non-hydrogen) atoms. The van der Waals surface area contributed by atoms with Crippen molar-refractivity contribution in [3.8, 4) is 5.75 Å². The van der Waals surface area contributed by atoms with Crippen LogP contribution in [0.4, 0.5) is 0 Å². The zero-order chi connectivity index (χ0) is 14.4. The van der Waals surface area contributed by atoms with E-state index in [0.29, 0.717) is 0 Å². The summed E-state index contributed by atoms with van der Waals surface area (Å²) >= 11 is 0. The van der Waals surface area contributed by atoms with E-state index in [1.54, 1.807) is 13.3 Å². The minimum Gasteiger partial charge on any atom is -0.497 e. The second-order valence-corrected chi connectivity index (χ2v) is 5.53. The summed E-state index contributed by atoms with van der Waals surface area (Å²) in [5.41, 5.74) is 4.16. The molecule has 1 amide bonds. The van der Waals surface area contributed by atoms with E-state index in [-0.39, 0.29) is 11.9 Å². The molecule has 0 fully saturated rings. The first-order valence-corrected chi connectivity index (χ1v) is 7.19. The predicted octanol–water partition coefficient (Wildman–Crippen LogP) is 2.39. The Morgan fingerprint density at radius 3 is 3.10 bits per heavy atom. The lowest BCUT2D eigenvalue weighted by Gasteiger charge is -2.40. The largest absolute Gasteiger partial charge is 0.497 e. The summed E-state index contributed by atoms with van der Waals surface area (Å²) in [4.78, 5) is 19.0. The number of pyridine rings is 1. The Hall–Kier alpha value is -2.36. The number of hydrogen-bond acceptors (Lipinski definition) is 3. The molecule has 2 aromatic rings. The molecule has 1 aromatic heterocycles. The van der Waals surface area contributed by atoms with Crippen LogP contribution in [0.5, 0.6) is 5.75 Å². The summed E-state index contributed by atoms with van der Waals surface area (Å²) in [5, 5.41) is 0. The average Bonchev–Trinajstić information content (AvgIpc) is 2.54. The average molecular weight is 280 g/mol. The molecule has 1 aromatic carbocycles. The minimum atomic E-state index is 0.0822. The van der Waals surface area contributed by atoms with Crippen LogP contribution in [0.25, 0.3) is 0 Å². The maximum absolute atomic E-state index is 12.7. The van der Waals surface area contributed by atoms with E-state index in [1.807, 2.05) is 23.1 Å². The molecule has 0 radical (unpaired) electrons. The number of rotatable bonds is 1. The molecule has 0 spiro atoms. The fourth-order valence-corrected chi connectivity index (χ4v) is 3.40. The highest BCUT2D eigenvalue weighted by molar-refractivity contribution is 5.96. The van der Waals surface area contributed by atoms with Gasteiger partial charge in [-0.3, -0.25) is 9.78 Å². The van der Waals surface area contributed by atoms with Crippen molar-refractivity contribution in [3.05, 3.63) is 58.9 Å². The van der Waals surface area contributed by atoms with Crippen LogP contribution in [0.1, 0.15) is 33.2 Å². The summed E-state index contributed by atoms with van der Waals surface area (Å²) in [6.45, 7) is 0.775. The molecule has 0 aliphatic carbocycles. The van der Waals surface area contributed by atoms with E-state index in [2.05, 4.69) is 17.1 Å². The molecular weight excluding hydrogens is 264 g/mol. The van der Waals surface area contributed by atoms with Gasteiger partial charge < -0.3 is 9.64 Å². The Kier molecular flexibility index (Phi) is 2.70. The Bertz CT molecular complexity index is 726. The number of methoxy groups -OCH3 is 1. The van der Waals surface area contributed by atoms with Gasteiger partial charge in [-0.1, -0.05) is 6.07 Å². The lowest BCUT2D eigenvalue weighted by molar-refractivity contribution is 0.0628. The maximum atomic E-state index is 12.7. The smallest absolute Gasteiger partial charge is 0.256 e. The topological polar surface area (TPSA) is 42.4 Å². The van der Waals surface area contributed by atoms with Crippen LogP contribution in [0.3, 0.4) is 0 Å². The molecule has 2 aliphatic rings. The van der Waals surface area contributed by atoms with Gasteiger partial charge in [0.1, 0.15) is 5.75 Å². The van der Waals surface area contributed by atoms with Crippen LogP contribution < -0.4 is 4.74 Å². The third kappa shape index (κ3) is 1.82. The van der Waals surface area contributed by atoms with Crippen molar-refractivity contribution < 1.29 is 9.53 Å². The van der Waals surface area contributed by atoms with Gasteiger partial charge in [-0.25, -0.2) is 0 Å². The van der Waals surface area contributed by atoms with Crippen LogP contribution in [0.2, 0.25) is 0 Å². The highest BCUT2D eigenvalue weighted by atomic mass is 16.5. The second-order valence-electron chi connectivity index (χ2n) is 5.53. The van der Waals surface area contributed by atoms with Crippen LogP contribution in [-0.4, -0.2) is 29.4 Å². The third-order valence-corrected chi connectivity index (χ3v) is 4.48. The first kappa shape index (κ1) is 12.4. The summed E-state index contributed by atoms with van der Waals surface area (Å²) in [6.07, 6.45) is 3.44. The summed E-state index contributed by atoms with van der Waals surface area (Å²) in [5.74, 6) is 0.942.